The monoisotopic (exact) mass is 346 g/mol. The molecule has 0 aliphatic heterocycles. The number of benzene rings is 1. The van der Waals surface area contributed by atoms with E-state index in [9.17, 15) is 15.8 Å². The zero-order chi connectivity index (χ0) is 18.9. The number of methoxy groups -OCH3 is 2. The first-order valence-corrected chi connectivity index (χ1v) is 8.30. The van der Waals surface area contributed by atoms with Gasteiger partial charge >= 0.3 is 0 Å². The van der Waals surface area contributed by atoms with Gasteiger partial charge in [0, 0.05) is 17.5 Å². The Morgan fingerprint density at radius 2 is 1.88 bits per heavy atom. The first kappa shape index (κ1) is 17.5. The van der Waals surface area contributed by atoms with Crippen molar-refractivity contribution in [3.05, 3.63) is 35.4 Å². The molecule has 0 amide bonds. The summed E-state index contributed by atoms with van der Waals surface area (Å²) in [6, 6.07) is 11.5. The fourth-order valence-corrected chi connectivity index (χ4v) is 4.25. The molecule has 3 rings (SSSR count). The maximum atomic E-state index is 9.93. The average Bonchev–Trinajstić information content (AvgIpc) is 3.15. The van der Waals surface area contributed by atoms with Gasteiger partial charge in [0.2, 0.25) is 0 Å². The maximum absolute atomic E-state index is 9.93. The van der Waals surface area contributed by atoms with Crippen LogP contribution < -0.4 is 9.47 Å². The van der Waals surface area contributed by atoms with Gasteiger partial charge in [-0.15, -0.1) is 0 Å². The van der Waals surface area contributed by atoms with Crippen LogP contribution in [0.2, 0.25) is 0 Å². The maximum Gasteiger partial charge on any atom is 0.189 e. The second kappa shape index (κ2) is 6.54. The van der Waals surface area contributed by atoms with Crippen LogP contribution in [0.1, 0.15) is 24.3 Å². The summed E-state index contributed by atoms with van der Waals surface area (Å²) >= 11 is 0. The Labute approximate surface area is 152 Å². The molecule has 1 saturated carbocycles. The molecular formula is C20H18N4O2. The molecule has 130 valence electrons. The van der Waals surface area contributed by atoms with E-state index in [0.717, 1.165) is 18.4 Å². The van der Waals surface area contributed by atoms with Crippen molar-refractivity contribution in [3.8, 4) is 29.7 Å². The molecular weight excluding hydrogens is 328 g/mol. The van der Waals surface area contributed by atoms with Crippen LogP contribution in [0, 0.1) is 56.7 Å². The quantitative estimate of drug-likeness (QED) is 0.843. The topological polar surface area (TPSA) is 114 Å². The van der Waals surface area contributed by atoms with Crippen LogP contribution >= 0.6 is 0 Å². The van der Waals surface area contributed by atoms with Gasteiger partial charge in [-0.2, -0.15) is 15.8 Å². The Morgan fingerprint density at radius 1 is 1.15 bits per heavy atom. The Hall–Kier alpha value is -3.30. The fourth-order valence-electron chi connectivity index (χ4n) is 4.25. The van der Waals surface area contributed by atoms with Gasteiger partial charge in [-0.05, 0) is 30.4 Å². The SMILES string of the molecule is COc1ccc([C@H]2[C@H]3CCC=C3[C@H](C#N)C(=N)C2(C#N)C#N)c(OC)c1. The van der Waals surface area contributed by atoms with Gasteiger partial charge in [0.05, 0.1) is 38.1 Å². The van der Waals surface area contributed by atoms with Gasteiger partial charge in [-0.25, -0.2) is 0 Å². The lowest BCUT2D eigenvalue weighted by Crippen LogP contribution is -2.47. The summed E-state index contributed by atoms with van der Waals surface area (Å²) < 4.78 is 10.7. The van der Waals surface area contributed by atoms with Crippen LogP contribution in [-0.4, -0.2) is 19.9 Å². The molecule has 0 aromatic heterocycles. The van der Waals surface area contributed by atoms with Gasteiger partial charge in [0.25, 0.3) is 0 Å². The number of hydrogen-bond donors (Lipinski definition) is 1. The predicted molar refractivity (Wildman–Crippen MR) is 93.6 cm³/mol. The van der Waals surface area contributed by atoms with Gasteiger partial charge in [0.15, 0.2) is 5.41 Å². The Kier molecular flexibility index (Phi) is 4.41. The zero-order valence-electron chi connectivity index (χ0n) is 14.6. The highest BCUT2D eigenvalue weighted by atomic mass is 16.5. The molecule has 1 N–H and O–H groups in total. The number of ether oxygens (including phenoxy) is 2. The highest BCUT2D eigenvalue weighted by molar-refractivity contribution is 6.01. The third kappa shape index (κ3) is 2.25. The fraction of sp³-hybridized carbons (Fsp3) is 0.400. The molecule has 0 bridgehead atoms. The van der Waals surface area contributed by atoms with Crippen LogP contribution in [-0.2, 0) is 0 Å². The van der Waals surface area contributed by atoms with Crippen molar-refractivity contribution in [1.82, 2.24) is 0 Å². The molecule has 0 saturated heterocycles. The number of nitrogens with one attached hydrogen (secondary N) is 1. The van der Waals surface area contributed by atoms with Gasteiger partial charge in [-0.1, -0.05) is 12.1 Å². The van der Waals surface area contributed by atoms with E-state index in [1.54, 1.807) is 25.3 Å². The highest BCUT2D eigenvalue weighted by Gasteiger charge is 2.58. The minimum atomic E-state index is -1.70. The molecule has 3 atom stereocenters. The number of fused-ring (bicyclic) bond motifs is 1. The molecule has 26 heavy (non-hydrogen) atoms. The molecule has 2 aliphatic rings. The second-order valence-electron chi connectivity index (χ2n) is 6.48. The molecule has 6 heteroatoms. The number of nitrogens with zero attached hydrogens (tertiary/aromatic N) is 3. The standard InChI is InChI=1S/C20H18N4O2/c1-25-12-6-7-15(17(8-12)26-2)18-14-5-3-4-13(14)16(9-21)19(24)20(18,10-22)11-23/h4,6-8,14,16,18,24H,3,5H2,1-2H3/t14-,16-,18+/m0/s1. The summed E-state index contributed by atoms with van der Waals surface area (Å²) in [5.41, 5.74) is -0.302. The zero-order valence-corrected chi connectivity index (χ0v) is 14.6. The van der Waals surface area contributed by atoms with Crippen LogP contribution in [0.5, 0.6) is 11.5 Å². The molecule has 0 radical (unpaired) electrons. The molecule has 1 fully saturated rings. The predicted octanol–water partition coefficient (Wildman–Crippen LogP) is 3.33. The van der Waals surface area contributed by atoms with Crippen molar-refractivity contribution in [2.24, 2.45) is 17.3 Å². The Balaban J connectivity index is 2.26. The third-order valence-electron chi connectivity index (χ3n) is 5.46. The molecule has 0 unspecified atom stereocenters. The van der Waals surface area contributed by atoms with E-state index >= 15 is 0 Å². The van der Waals surface area contributed by atoms with Crippen molar-refractivity contribution in [3.63, 3.8) is 0 Å². The number of nitriles is 3. The summed E-state index contributed by atoms with van der Waals surface area (Å²) in [4.78, 5) is 0. The summed E-state index contributed by atoms with van der Waals surface area (Å²) in [6.45, 7) is 0. The van der Waals surface area contributed by atoms with E-state index in [4.69, 9.17) is 14.9 Å². The summed E-state index contributed by atoms with van der Waals surface area (Å²) in [5.74, 6) is -0.409. The van der Waals surface area contributed by atoms with Crippen molar-refractivity contribution in [1.29, 1.82) is 21.2 Å². The molecule has 0 spiro atoms. The van der Waals surface area contributed by atoms with Crippen LogP contribution in [0.4, 0.5) is 0 Å². The number of rotatable bonds is 3. The van der Waals surface area contributed by atoms with Crippen molar-refractivity contribution in [2.45, 2.75) is 18.8 Å². The largest absolute Gasteiger partial charge is 0.497 e. The summed E-state index contributed by atoms with van der Waals surface area (Å²) in [7, 11) is 3.07. The van der Waals surface area contributed by atoms with E-state index in [0.29, 0.717) is 17.1 Å². The first-order valence-electron chi connectivity index (χ1n) is 8.30. The van der Waals surface area contributed by atoms with E-state index in [-0.39, 0.29) is 11.6 Å². The minimum Gasteiger partial charge on any atom is -0.497 e. The van der Waals surface area contributed by atoms with E-state index in [2.05, 4.69) is 18.2 Å². The number of allylic oxidation sites excluding steroid dienone is 2. The average molecular weight is 346 g/mol. The van der Waals surface area contributed by atoms with Crippen LogP contribution in [0.15, 0.2) is 29.8 Å². The van der Waals surface area contributed by atoms with Crippen LogP contribution in [0.3, 0.4) is 0 Å². The minimum absolute atomic E-state index is 0.141. The van der Waals surface area contributed by atoms with Gasteiger partial charge in [0.1, 0.15) is 17.4 Å². The van der Waals surface area contributed by atoms with Crippen molar-refractivity contribution in [2.75, 3.05) is 14.2 Å². The van der Waals surface area contributed by atoms with Crippen molar-refractivity contribution >= 4 is 5.71 Å². The van der Waals surface area contributed by atoms with Crippen molar-refractivity contribution < 1.29 is 9.47 Å². The highest BCUT2D eigenvalue weighted by Crippen LogP contribution is 2.57. The molecule has 6 nitrogen and oxygen atoms in total. The lowest BCUT2D eigenvalue weighted by molar-refractivity contribution is 0.333. The summed E-state index contributed by atoms with van der Waals surface area (Å²) in [6.07, 6.45) is 3.49. The third-order valence-corrected chi connectivity index (χ3v) is 5.46. The lowest BCUT2D eigenvalue weighted by Gasteiger charge is -2.43. The van der Waals surface area contributed by atoms with Gasteiger partial charge in [-0.3, -0.25) is 0 Å². The molecule has 1 aromatic rings. The molecule has 1 aromatic carbocycles. The first-order chi connectivity index (χ1) is 12.6. The Morgan fingerprint density at radius 3 is 2.46 bits per heavy atom. The van der Waals surface area contributed by atoms with E-state index in [1.165, 1.54) is 7.11 Å². The van der Waals surface area contributed by atoms with E-state index < -0.39 is 17.3 Å². The summed E-state index contributed by atoms with van der Waals surface area (Å²) in [5, 5.41) is 37.9. The van der Waals surface area contributed by atoms with Gasteiger partial charge < -0.3 is 14.9 Å². The van der Waals surface area contributed by atoms with Crippen LogP contribution in [0.25, 0.3) is 0 Å². The van der Waals surface area contributed by atoms with E-state index in [1.807, 2.05) is 6.08 Å². The lowest BCUT2D eigenvalue weighted by atomic mass is 9.55. The molecule has 2 aliphatic carbocycles. The number of hydrogen-bond acceptors (Lipinski definition) is 6. The normalized spacial score (nSPS) is 25.9. The Bertz CT molecular complexity index is 899. The smallest absolute Gasteiger partial charge is 0.189 e. The second-order valence-corrected chi connectivity index (χ2v) is 6.48. The molecule has 0 heterocycles.